The number of fused-ring (bicyclic) bond motifs is 5. The van der Waals surface area contributed by atoms with Crippen molar-refractivity contribution < 1.29 is 27.3 Å². The summed E-state index contributed by atoms with van der Waals surface area (Å²) < 4.78 is 37.0. The second-order valence-electron chi connectivity index (χ2n) is 18.2. The van der Waals surface area contributed by atoms with Gasteiger partial charge in [0.2, 0.25) is 5.91 Å². The zero-order valence-corrected chi connectivity index (χ0v) is 36.3. The minimum absolute atomic E-state index is 0.00250. The molecule has 4 saturated carbocycles. The highest BCUT2D eigenvalue weighted by atomic mass is 32.2. The van der Waals surface area contributed by atoms with E-state index in [4.69, 9.17) is 9.29 Å². The van der Waals surface area contributed by atoms with Gasteiger partial charge in [-0.3, -0.25) is 14.1 Å². The number of rotatable bonds is 23. The van der Waals surface area contributed by atoms with E-state index >= 15 is 0 Å². The van der Waals surface area contributed by atoms with E-state index in [1.54, 1.807) is 0 Å². The van der Waals surface area contributed by atoms with Crippen LogP contribution in [-0.2, 0) is 24.4 Å². The lowest BCUT2D eigenvalue weighted by molar-refractivity contribution is -0.162. The van der Waals surface area contributed by atoms with Crippen molar-refractivity contribution in [2.24, 2.45) is 46.3 Å². The highest BCUT2D eigenvalue weighted by Crippen LogP contribution is 2.68. The van der Waals surface area contributed by atoms with Crippen LogP contribution in [0.2, 0.25) is 0 Å². The topological polar surface area (TPSA) is 110 Å². The van der Waals surface area contributed by atoms with E-state index in [0.717, 1.165) is 94.8 Å². The van der Waals surface area contributed by atoms with Crippen molar-refractivity contribution in [3.05, 3.63) is 60.8 Å². The lowest BCUT2D eigenvalue weighted by Gasteiger charge is -2.61. The molecule has 0 aromatic carbocycles. The molecule has 2 N–H and O–H groups in total. The molecule has 316 valence electrons. The molecule has 0 aromatic heterocycles. The van der Waals surface area contributed by atoms with Crippen LogP contribution in [-0.4, -0.2) is 43.2 Å². The van der Waals surface area contributed by atoms with Gasteiger partial charge in [0.15, 0.2) is 0 Å². The van der Waals surface area contributed by atoms with Crippen LogP contribution in [0.25, 0.3) is 0 Å². The lowest BCUT2D eigenvalue weighted by atomic mass is 9.44. The summed E-state index contributed by atoms with van der Waals surface area (Å²) in [6.45, 7) is 9.54. The minimum atomic E-state index is -4.07. The van der Waals surface area contributed by atoms with Gasteiger partial charge >= 0.3 is 5.97 Å². The highest BCUT2D eigenvalue weighted by molar-refractivity contribution is 7.85. The van der Waals surface area contributed by atoms with E-state index in [-0.39, 0.29) is 24.5 Å². The Morgan fingerprint density at radius 1 is 0.768 bits per heavy atom. The second-order valence-corrected chi connectivity index (χ2v) is 19.8. The molecule has 0 saturated heterocycles. The van der Waals surface area contributed by atoms with Gasteiger partial charge in [0.25, 0.3) is 10.1 Å². The molecule has 0 aromatic rings. The Bertz CT molecular complexity index is 1480. The first-order valence-corrected chi connectivity index (χ1v) is 24.1. The maximum Gasteiger partial charge on any atom is 0.306 e. The molecule has 0 heterocycles. The third-order valence-corrected chi connectivity index (χ3v) is 15.3. The molecule has 8 heteroatoms. The first-order chi connectivity index (χ1) is 26.9. The summed E-state index contributed by atoms with van der Waals surface area (Å²) in [5, 5.41) is 2.65. The van der Waals surface area contributed by atoms with E-state index in [1.807, 2.05) is 0 Å². The summed E-state index contributed by atoms with van der Waals surface area (Å²) >= 11 is 0. The third-order valence-electron chi connectivity index (χ3n) is 14.6. The number of ether oxygens (including phenoxy) is 1. The van der Waals surface area contributed by atoms with Crippen LogP contribution in [0, 0.1) is 46.3 Å². The van der Waals surface area contributed by atoms with Crippen LogP contribution in [0.15, 0.2) is 60.8 Å². The van der Waals surface area contributed by atoms with Crippen LogP contribution in [0.3, 0.4) is 0 Å². The first-order valence-electron chi connectivity index (χ1n) is 22.5. The molecule has 0 bridgehead atoms. The van der Waals surface area contributed by atoms with Gasteiger partial charge in [-0.1, -0.05) is 94.9 Å². The smallest absolute Gasteiger partial charge is 0.306 e. The van der Waals surface area contributed by atoms with Crippen molar-refractivity contribution in [2.75, 3.05) is 12.3 Å². The summed E-state index contributed by atoms with van der Waals surface area (Å²) in [5.41, 5.74) is 0.646. The zero-order chi connectivity index (χ0) is 40.4. The van der Waals surface area contributed by atoms with Gasteiger partial charge < -0.3 is 10.1 Å². The first kappa shape index (κ1) is 46.2. The number of carbonyl (C=O) groups excluding carboxylic acids is 2. The fourth-order valence-electron chi connectivity index (χ4n) is 11.6. The number of allylic oxidation sites excluding steroid dienone is 10. The predicted octanol–water partition coefficient (Wildman–Crippen LogP) is 11.7. The highest BCUT2D eigenvalue weighted by Gasteiger charge is 2.60. The largest absolute Gasteiger partial charge is 0.462 e. The van der Waals surface area contributed by atoms with E-state index < -0.39 is 15.9 Å². The molecule has 0 aliphatic heterocycles. The Balaban J connectivity index is 1.09. The number of amides is 1. The molecule has 9 atom stereocenters. The van der Waals surface area contributed by atoms with E-state index in [2.05, 4.69) is 93.8 Å². The molecular formula is C48H77NO6S. The molecule has 4 fully saturated rings. The van der Waals surface area contributed by atoms with Crippen LogP contribution in [0.1, 0.15) is 163 Å². The summed E-state index contributed by atoms with van der Waals surface area (Å²) in [4.78, 5) is 25.3. The van der Waals surface area contributed by atoms with Gasteiger partial charge in [-0.25, -0.2) is 0 Å². The lowest BCUT2D eigenvalue weighted by Crippen LogP contribution is -2.54. The van der Waals surface area contributed by atoms with Gasteiger partial charge in [-0.15, -0.1) is 0 Å². The Morgan fingerprint density at radius 2 is 1.39 bits per heavy atom. The Labute approximate surface area is 341 Å². The quantitative estimate of drug-likeness (QED) is 0.0461. The van der Waals surface area contributed by atoms with Gasteiger partial charge in [-0.05, 0) is 162 Å². The summed E-state index contributed by atoms with van der Waals surface area (Å²) in [6, 6.07) is 0. The van der Waals surface area contributed by atoms with Crippen molar-refractivity contribution in [2.45, 2.75) is 169 Å². The van der Waals surface area contributed by atoms with Crippen molar-refractivity contribution in [3.63, 3.8) is 0 Å². The molecule has 7 nitrogen and oxygen atoms in total. The second kappa shape index (κ2) is 23.2. The van der Waals surface area contributed by atoms with Crippen LogP contribution >= 0.6 is 0 Å². The zero-order valence-electron chi connectivity index (χ0n) is 35.5. The minimum Gasteiger partial charge on any atom is -0.462 e. The van der Waals surface area contributed by atoms with Gasteiger partial charge in [-0.2, -0.15) is 8.42 Å². The number of esters is 1. The van der Waals surface area contributed by atoms with E-state index in [1.165, 1.54) is 44.9 Å². The Morgan fingerprint density at radius 3 is 2.05 bits per heavy atom. The fourth-order valence-corrected chi connectivity index (χ4v) is 12.0. The van der Waals surface area contributed by atoms with Gasteiger partial charge in [0.05, 0.1) is 5.75 Å². The molecule has 4 rings (SSSR count). The standard InChI is InChI=1S/C48H77NO6S/c1-5-6-7-8-9-10-11-12-13-14-15-16-17-18-19-20-21-22-23-24-46(51)55-40-31-33-47(3)39(37-40)26-27-41-43-29-28-42(48(43,4)34-32-44(41)47)38(2)25-30-45(50)49-35-36-56(52,53)54/h6-7,9-10,12-13,15-16,18-19,38-44H,5,8,11,14,17,20-37H2,1-4H3,(H,49,50)(H,52,53,54)/b7-6-,10-9-,13-12-,16-15-,19-18-. The fraction of sp³-hybridized carbons (Fsp3) is 0.750. The van der Waals surface area contributed by atoms with Crippen molar-refractivity contribution in [1.82, 2.24) is 5.32 Å². The number of hydrogen-bond donors (Lipinski definition) is 2. The summed E-state index contributed by atoms with van der Waals surface area (Å²) in [7, 11) is -4.07. The number of carbonyl (C=O) groups is 2. The molecule has 1 amide bonds. The molecule has 56 heavy (non-hydrogen) atoms. The SMILES string of the molecule is CC/C=C\C/C=C\C/C=C\C/C=C\C/C=C\CCCCCC(=O)OC1CCC2(C)C(CCC3C2CCC2(C)C(C(C)CCC(=O)NCCS(=O)(=O)O)CCC32)C1. The molecule has 4 aliphatic rings. The summed E-state index contributed by atoms with van der Waals surface area (Å²) in [6.07, 6.45) is 44.2. The maximum absolute atomic E-state index is 12.9. The Kier molecular flexibility index (Phi) is 19.2. The number of unbranched alkanes of at least 4 members (excludes halogenated alkanes) is 3. The van der Waals surface area contributed by atoms with Crippen LogP contribution in [0.4, 0.5) is 0 Å². The van der Waals surface area contributed by atoms with Crippen molar-refractivity contribution >= 4 is 22.0 Å². The van der Waals surface area contributed by atoms with Gasteiger partial charge in [0, 0.05) is 19.4 Å². The molecule has 9 unspecified atom stereocenters. The van der Waals surface area contributed by atoms with Gasteiger partial charge in [0.1, 0.15) is 6.10 Å². The average molecular weight is 796 g/mol. The monoisotopic (exact) mass is 796 g/mol. The maximum atomic E-state index is 12.9. The summed E-state index contributed by atoms with van der Waals surface area (Å²) in [5.74, 6) is 3.37. The normalized spacial score (nSPS) is 31.3. The third kappa shape index (κ3) is 14.1. The predicted molar refractivity (Wildman–Crippen MR) is 230 cm³/mol. The molecular weight excluding hydrogens is 719 g/mol. The number of hydrogen-bond acceptors (Lipinski definition) is 5. The molecule has 4 aliphatic carbocycles. The average Bonchev–Trinajstić information content (AvgIpc) is 3.51. The number of nitrogens with one attached hydrogen (secondary N) is 1. The molecule has 0 radical (unpaired) electrons. The Hall–Kier alpha value is -2.45. The van der Waals surface area contributed by atoms with E-state index in [9.17, 15) is 18.0 Å². The van der Waals surface area contributed by atoms with Crippen LogP contribution < -0.4 is 5.32 Å². The van der Waals surface area contributed by atoms with Crippen LogP contribution in [0.5, 0.6) is 0 Å². The molecule has 0 spiro atoms. The van der Waals surface area contributed by atoms with Crippen molar-refractivity contribution in [1.29, 1.82) is 0 Å². The van der Waals surface area contributed by atoms with Crippen molar-refractivity contribution in [3.8, 4) is 0 Å². The van der Waals surface area contributed by atoms with E-state index in [0.29, 0.717) is 41.4 Å².